The first-order valence-electron chi connectivity index (χ1n) is 6.23. The van der Waals surface area contributed by atoms with Gasteiger partial charge in [-0.15, -0.1) is 11.6 Å². The Bertz CT molecular complexity index is 311. The molecular weight excluding hydrogens is 234 g/mol. The quantitative estimate of drug-likeness (QED) is 0.620. The maximum atomic E-state index is 11.5. The minimum absolute atomic E-state index is 0.290. The van der Waals surface area contributed by atoms with Crippen LogP contribution in [0, 0.1) is 0 Å². The zero-order valence-electron chi connectivity index (χ0n) is 11.4. The van der Waals surface area contributed by atoms with Gasteiger partial charge in [-0.1, -0.05) is 6.08 Å². The molecule has 0 aromatic rings. The van der Waals surface area contributed by atoms with Crippen LogP contribution in [0.15, 0.2) is 12.7 Å². The molecule has 1 aliphatic heterocycles. The fourth-order valence-electron chi connectivity index (χ4n) is 1.96. The predicted octanol–water partition coefficient (Wildman–Crippen LogP) is 2.26. The Morgan fingerprint density at radius 1 is 1.56 bits per heavy atom. The van der Waals surface area contributed by atoms with Crippen LogP contribution in [0.3, 0.4) is 0 Å². The molecule has 1 aliphatic rings. The fourth-order valence-corrected chi connectivity index (χ4v) is 1.96. The number of β-amino-alcohol motifs (C(OH)–C–C–N with tert-alkyl or cyclic N) is 1. The molecule has 0 radical (unpaired) electrons. The molecule has 0 spiro atoms. The normalized spacial score (nSPS) is 25.6. The second kappa shape index (κ2) is 5.71. The van der Waals surface area contributed by atoms with Crippen LogP contribution < -0.4 is 0 Å². The molecule has 18 heavy (non-hydrogen) atoms. The molecule has 0 aliphatic carbocycles. The van der Waals surface area contributed by atoms with Gasteiger partial charge in [0.25, 0.3) is 0 Å². The fraction of sp³-hybridized carbons (Fsp3) is 0.769. The SMILES string of the molecule is C=CCC1(O)CCCN(OC(=O)OC(C)(C)C)C1. The van der Waals surface area contributed by atoms with Crippen LogP contribution >= 0.6 is 0 Å². The summed E-state index contributed by atoms with van der Waals surface area (Å²) in [7, 11) is 0. The van der Waals surface area contributed by atoms with Gasteiger partial charge < -0.3 is 14.7 Å². The van der Waals surface area contributed by atoms with Gasteiger partial charge in [-0.25, -0.2) is 4.79 Å². The summed E-state index contributed by atoms with van der Waals surface area (Å²) in [6.07, 6.45) is 2.89. The number of hydrogen-bond donors (Lipinski definition) is 1. The van der Waals surface area contributed by atoms with Crippen molar-refractivity contribution in [3.8, 4) is 0 Å². The zero-order chi connectivity index (χ0) is 13.8. The van der Waals surface area contributed by atoms with E-state index in [-0.39, 0.29) is 6.54 Å². The first-order valence-corrected chi connectivity index (χ1v) is 6.23. The number of rotatable bonds is 3. The first-order chi connectivity index (χ1) is 8.24. The summed E-state index contributed by atoms with van der Waals surface area (Å²) >= 11 is 0. The van der Waals surface area contributed by atoms with Crippen molar-refractivity contribution in [1.82, 2.24) is 5.06 Å². The molecule has 1 N–H and O–H groups in total. The van der Waals surface area contributed by atoms with Gasteiger partial charge in [-0.05, 0) is 40.0 Å². The molecule has 1 unspecified atom stereocenters. The van der Waals surface area contributed by atoms with Crippen molar-refractivity contribution in [2.45, 2.75) is 51.2 Å². The first kappa shape index (κ1) is 15.0. The van der Waals surface area contributed by atoms with Crippen LogP contribution in [0.5, 0.6) is 0 Å². The summed E-state index contributed by atoms with van der Waals surface area (Å²) in [5.41, 5.74) is -1.44. The molecule has 0 saturated carbocycles. The molecule has 0 bridgehead atoms. The lowest BCUT2D eigenvalue weighted by Crippen LogP contribution is -2.48. The molecule has 5 heteroatoms. The Morgan fingerprint density at radius 2 is 2.22 bits per heavy atom. The summed E-state index contributed by atoms with van der Waals surface area (Å²) in [6, 6.07) is 0. The summed E-state index contributed by atoms with van der Waals surface area (Å²) in [5, 5.41) is 11.7. The lowest BCUT2D eigenvalue weighted by atomic mass is 9.91. The Hall–Kier alpha value is -1.07. The van der Waals surface area contributed by atoms with E-state index in [0.717, 1.165) is 6.42 Å². The monoisotopic (exact) mass is 257 g/mol. The van der Waals surface area contributed by atoms with Gasteiger partial charge in [0.15, 0.2) is 0 Å². The van der Waals surface area contributed by atoms with E-state index >= 15 is 0 Å². The summed E-state index contributed by atoms with van der Waals surface area (Å²) in [4.78, 5) is 16.6. The van der Waals surface area contributed by atoms with Gasteiger partial charge in [0.2, 0.25) is 0 Å². The number of hydrogen-bond acceptors (Lipinski definition) is 5. The Kier molecular flexibility index (Phi) is 4.76. The number of ether oxygens (including phenoxy) is 1. The second-order valence-corrected chi connectivity index (χ2v) is 5.74. The van der Waals surface area contributed by atoms with E-state index in [1.807, 2.05) is 0 Å². The summed E-state index contributed by atoms with van der Waals surface area (Å²) in [5.74, 6) is 0. The molecule has 1 atom stereocenters. The summed E-state index contributed by atoms with van der Waals surface area (Å²) < 4.78 is 5.06. The van der Waals surface area contributed by atoms with E-state index < -0.39 is 17.4 Å². The molecule has 1 rings (SSSR count). The smallest absolute Gasteiger partial charge is 0.427 e. The third kappa shape index (κ3) is 5.06. The van der Waals surface area contributed by atoms with Gasteiger partial charge >= 0.3 is 6.16 Å². The lowest BCUT2D eigenvalue weighted by Gasteiger charge is -2.37. The molecule has 5 nitrogen and oxygen atoms in total. The van der Waals surface area contributed by atoms with E-state index in [4.69, 9.17) is 9.57 Å². The van der Waals surface area contributed by atoms with Gasteiger partial charge in [-0.2, -0.15) is 0 Å². The van der Waals surface area contributed by atoms with Crippen LogP contribution in [0.25, 0.3) is 0 Å². The molecule has 1 saturated heterocycles. The highest BCUT2D eigenvalue weighted by Crippen LogP contribution is 2.25. The Balaban J connectivity index is 2.47. The van der Waals surface area contributed by atoms with Crippen LogP contribution in [-0.4, -0.2) is 40.6 Å². The van der Waals surface area contributed by atoms with Crippen molar-refractivity contribution in [1.29, 1.82) is 0 Å². The van der Waals surface area contributed by atoms with Crippen molar-refractivity contribution >= 4 is 6.16 Å². The number of carbonyl (C=O) groups is 1. The van der Waals surface area contributed by atoms with Crippen LogP contribution in [0.1, 0.15) is 40.0 Å². The Labute approximate surface area is 108 Å². The zero-order valence-corrected chi connectivity index (χ0v) is 11.4. The minimum atomic E-state index is -0.859. The highest BCUT2D eigenvalue weighted by molar-refractivity contribution is 5.60. The van der Waals surface area contributed by atoms with Gasteiger partial charge in [-0.3, -0.25) is 0 Å². The molecule has 0 amide bonds. The van der Waals surface area contributed by atoms with Crippen molar-refractivity contribution < 1.29 is 19.5 Å². The van der Waals surface area contributed by atoms with E-state index in [0.29, 0.717) is 19.4 Å². The minimum Gasteiger partial charge on any atom is -0.427 e. The van der Waals surface area contributed by atoms with Crippen molar-refractivity contribution in [2.24, 2.45) is 0 Å². The van der Waals surface area contributed by atoms with Crippen LogP contribution in [-0.2, 0) is 9.57 Å². The average Bonchev–Trinajstić information content (AvgIpc) is 2.13. The second-order valence-electron chi connectivity index (χ2n) is 5.74. The highest BCUT2D eigenvalue weighted by Gasteiger charge is 2.34. The standard InChI is InChI=1S/C13H23NO4/c1-5-7-13(16)8-6-9-14(10-13)18-11(15)17-12(2,3)4/h5,16H,1,6-10H2,2-4H3. The largest absolute Gasteiger partial charge is 0.528 e. The lowest BCUT2D eigenvalue weighted by molar-refractivity contribution is -0.188. The summed E-state index contributed by atoms with van der Waals surface area (Å²) in [6.45, 7) is 9.85. The molecule has 1 fully saturated rings. The number of carbonyl (C=O) groups excluding carboxylic acids is 1. The molecule has 1 heterocycles. The number of piperidine rings is 1. The average molecular weight is 257 g/mol. The van der Waals surface area contributed by atoms with Gasteiger partial charge in [0.05, 0.1) is 12.1 Å². The number of hydroxylamine groups is 2. The van der Waals surface area contributed by atoms with E-state index in [9.17, 15) is 9.90 Å². The van der Waals surface area contributed by atoms with E-state index in [1.54, 1.807) is 26.8 Å². The third-order valence-electron chi connectivity index (χ3n) is 2.64. The highest BCUT2D eigenvalue weighted by atomic mass is 16.8. The van der Waals surface area contributed by atoms with E-state index in [2.05, 4.69) is 6.58 Å². The van der Waals surface area contributed by atoms with Crippen LogP contribution in [0.4, 0.5) is 4.79 Å². The van der Waals surface area contributed by atoms with Gasteiger partial charge in [0.1, 0.15) is 5.60 Å². The topological polar surface area (TPSA) is 59.0 Å². The van der Waals surface area contributed by atoms with Crippen molar-refractivity contribution in [3.05, 3.63) is 12.7 Å². The number of nitrogens with zero attached hydrogens (tertiary/aromatic N) is 1. The molecular formula is C13H23NO4. The molecule has 0 aromatic heterocycles. The molecule has 104 valence electrons. The third-order valence-corrected chi connectivity index (χ3v) is 2.64. The van der Waals surface area contributed by atoms with Crippen LogP contribution in [0.2, 0.25) is 0 Å². The Morgan fingerprint density at radius 3 is 2.78 bits per heavy atom. The molecule has 0 aromatic carbocycles. The van der Waals surface area contributed by atoms with Crippen molar-refractivity contribution in [2.75, 3.05) is 13.1 Å². The van der Waals surface area contributed by atoms with E-state index in [1.165, 1.54) is 5.06 Å². The number of aliphatic hydroxyl groups is 1. The maximum Gasteiger partial charge on any atom is 0.528 e. The maximum absolute atomic E-state index is 11.5. The van der Waals surface area contributed by atoms with Gasteiger partial charge in [0, 0.05) is 6.54 Å². The predicted molar refractivity (Wildman–Crippen MR) is 67.9 cm³/mol. The van der Waals surface area contributed by atoms with Crippen molar-refractivity contribution in [3.63, 3.8) is 0 Å².